The van der Waals surface area contributed by atoms with Crippen molar-refractivity contribution in [3.63, 3.8) is 0 Å². The fraction of sp³-hybridized carbons (Fsp3) is 0.409. The summed E-state index contributed by atoms with van der Waals surface area (Å²) < 4.78 is 11.3. The van der Waals surface area contributed by atoms with Crippen LogP contribution < -0.4 is 14.8 Å². The molecule has 1 aliphatic rings. The van der Waals surface area contributed by atoms with E-state index < -0.39 is 0 Å². The third-order valence-electron chi connectivity index (χ3n) is 5.07. The molecule has 1 aromatic heterocycles. The molecule has 0 saturated heterocycles. The van der Waals surface area contributed by atoms with Gasteiger partial charge in [-0.05, 0) is 55.9 Å². The number of aromatic nitrogens is 1. The number of aryl methyl sites for hydroxylation is 1. The van der Waals surface area contributed by atoms with E-state index in [0.717, 1.165) is 37.7 Å². The second kappa shape index (κ2) is 9.23. The minimum Gasteiger partial charge on any atom is -0.495 e. The Labute approximate surface area is 167 Å². The predicted octanol–water partition coefficient (Wildman–Crippen LogP) is 3.89. The first kappa shape index (κ1) is 19.7. The molecule has 1 N–H and O–H groups in total. The van der Waals surface area contributed by atoms with Crippen molar-refractivity contribution in [2.75, 3.05) is 7.11 Å². The third-order valence-corrected chi connectivity index (χ3v) is 5.07. The number of rotatable bonds is 6. The number of nitrogens with zero attached hydrogens (tertiary/aromatic N) is 2. The van der Waals surface area contributed by atoms with Gasteiger partial charge in [0.2, 0.25) is 0 Å². The number of amides is 1. The first-order chi connectivity index (χ1) is 13.6. The molecule has 1 aromatic carbocycles. The van der Waals surface area contributed by atoms with Gasteiger partial charge in [0.1, 0.15) is 23.3 Å². The molecule has 6 nitrogen and oxygen atoms in total. The molecule has 28 heavy (non-hydrogen) atoms. The summed E-state index contributed by atoms with van der Waals surface area (Å²) in [5.74, 6) is 1.09. The smallest absolute Gasteiger partial charge is 0.270 e. The summed E-state index contributed by atoms with van der Waals surface area (Å²) in [7, 11) is 1.54. The number of hydrogen-bond donors (Lipinski definition) is 1. The Morgan fingerprint density at radius 2 is 2.07 bits per heavy atom. The van der Waals surface area contributed by atoms with E-state index in [9.17, 15) is 4.79 Å². The number of nitriles is 1. The first-order valence-corrected chi connectivity index (χ1v) is 9.63. The van der Waals surface area contributed by atoms with Crippen LogP contribution in [0.4, 0.5) is 0 Å². The minimum absolute atomic E-state index is 0. The molecule has 1 fully saturated rings. The highest BCUT2D eigenvalue weighted by Crippen LogP contribution is 2.28. The van der Waals surface area contributed by atoms with Gasteiger partial charge < -0.3 is 14.8 Å². The van der Waals surface area contributed by atoms with Crippen LogP contribution >= 0.6 is 0 Å². The SMILES string of the molecule is CCc1ccc(C(=O)NC2CCC(Oc3ccc(C#N)c(OC)c3)CC2)nc1.[HH]. The second-order valence-electron chi connectivity index (χ2n) is 6.94. The Bertz CT molecular complexity index is 857. The normalized spacial score (nSPS) is 18.8. The monoisotopic (exact) mass is 381 g/mol. The van der Waals surface area contributed by atoms with E-state index in [4.69, 9.17) is 14.7 Å². The molecule has 0 spiro atoms. The lowest BCUT2D eigenvalue weighted by Crippen LogP contribution is -2.40. The van der Waals surface area contributed by atoms with Crippen molar-refractivity contribution >= 4 is 5.91 Å². The van der Waals surface area contributed by atoms with E-state index >= 15 is 0 Å². The van der Waals surface area contributed by atoms with Gasteiger partial charge in [-0.3, -0.25) is 9.78 Å². The number of hydrogen-bond acceptors (Lipinski definition) is 5. The summed E-state index contributed by atoms with van der Waals surface area (Å²) in [5.41, 5.74) is 2.07. The van der Waals surface area contributed by atoms with Gasteiger partial charge in [-0.15, -0.1) is 0 Å². The molecule has 0 aliphatic heterocycles. The summed E-state index contributed by atoms with van der Waals surface area (Å²) in [6.07, 6.45) is 6.18. The lowest BCUT2D eigenvalue weighted by Gasteiger charge is -2.29. The lowest BCUT2D eigenvalue weighted by atomic mass is 9.92. The lowest BCUT2D eigenvalue weighted by molar-refractivity contribution is 0.0889. The van der Waals surface area contributed by atoms with Crippen LogP contribution in [0.1, 0.15) is 55.6 Å². The number of pyridine rings is 1. The summed E-state index contributed by atoms with van der Waals surface area (Å²) >= 11 is 0. The average molecular weight is 381 g/mol. The summed E-state index contributed by atoms with van der Waals surface area (Å²) in [5, 5.41) is 12.1. The van der Waals surface area contributed by atoms with Crippen LogP contribution in [-0.4, -0.2) is 30.1 Å². The molecule has 0 unspecified atom stereocenters. The van der Waals surface area contributed by atoms with Crippen LogP contribution in [0.15, 0.2) is 36.5 Å². The number of benzene rings is 1. The molecular formula is C22H27N3O3. The van der Waals surface area contributed by atoms with E-state index in [1.807, 2.05) is 6.07 Å². The van der Waals surface area contributed by atoms with Gasteiger partial charge in [0.15, 0.2) is 0 Å². The molecule has 1 saturated carbocycles. The molecule has 6 heteroatoms. The fourth-order valence-corrected chi connectivity index (χ4v) is 3.38. The average Bonchev–Trinajstić information content (AvgIpc) is 2.75. The standard InChI is InChI=1S/C22H25N3O3.H2/c1-3-15-4-11-20(24-14-15)22(26)25-17-6-9-18(10-7-17)28-19-8-5-16(13-23)21(12-19)27-2;/h4-5,8,11-12,14,17-18H,3,6-7,9-10H2,1-2H3,(H,25,26);1H. The van der Waals surface area contributed by atoms with Crippen molar-refractivity contribution in [3.8, 4) is 17.6 Å². The Hall–Kier alpha value is -3.07. The summed E-state index contributed by atoms with van der Waals surface area (Å²) in [6.45, 7) is 2.06. The maximum atomic E-state index is 12.4. The number of carbonyl (C=O) groups is 1. The predicted molar refractivity (Wildman–Crippen MR) is 108 cm³/mol. The van der Waals surface area contributed by atoms with Gasteiger partial charge in [-0.1, -0.05) is 13.0 Å². The van der Waals surface area contributed by atoms with Crippen molar-refractivity contribution < 1.29 is 15.7 Å². The Balaban J connectivity index is 0.00000300. The number of nitrogens with one attached hydrogen (secondary N) is 1. The first-order valence-electron chi connectivity index (χ1n) is 9.63. The van der Waals surface area contributed by atoms with Crippen LogP contribution in [-0.2, 0) is 6.42 Å². The summed E-state index contributed by atoms with van der Waals surface area (Å²) in [6, 6.07) is 11.2. The molecule has 1 aliphatic carbocycles. The second-order valence-corrected chi connectivity index (χ2v) is 6.94. The van der Waals surface area contributed by atoms with E-state index in [1.54, 1.807) is 37.6 Å². The highest BCUT2D eigenvalue weighted by Gasteiger charge is 2.24. The van der Waals surface area contributed by atoms with Gasteiger partial charge in [-0.2, -0.15) is 5.26 Å². The fourth-order valence-electron chi connectivity index (χ4n) is 3.38. The van der Waals surface area contributed by atoms with Gasteiger partial charge in [0.05, 0.1) is 18.8 Å². The highest BCUT2D eigenvalue weighted by molar-refractivity contribution is 5.92. The summed E-state index contributed by atoms with van der Waals surface area (Å²) in [4.78, 5) is 16.6. The minimum atomic E-state index is -0.121. The Kier molecular flexibility index (Phi) is 6.49. The van der Waals surface area contributed by atoms with Gasteiger partial charge in [-0.25, -0.2) is 0 Å². The highest BCUT2D eigenvalue weighted by atomic mass is 16.5. The zero-order chi connectivity index (χ0) is 19.9. The largest absolute Gasteiger partial charge is 0.495 e. The van der Waals surface area contributed by atoms with Crippen LogP contribution in [0.25, 0.3) is 0 Å². The molecule has 2 aromatic rings. The maximum Gasteiger partial charge on any atom is 0.270 e. The third kappa shape index (κ3) is 4.80. The zero-order valence-corrected chi connectivity index (χ0v) is 16.3. The zero-order valence-electron chi connectivity index (χ0n) is 16.3. The van der Waals surface area contributed by atoms with Gasteiger partial charge in [0.25, 0.3) is 5.91 Å². The van der Waals surface area contributed by atoms with Crippen molar-refractivity contribution in [2.45, 2.75) is 51.2 Å². The molecule has 1 amide bonds. The Morgan fingerprint density at radius 1 is 1.29 bits per heavy atom. The van der Waals surface area contributed by atoms with Gasteiger partial charge >= 0.3 is 0 Å². The molecule has 0 atom stereocenters. The van der Waals surface area contributed by atoms with Crippen molar-refractivity contribution in [1.82, 2.24) is 10.3 Å². The topological polar surface area (TPSA) is 84.2 Å². The van der Waals surface area contributed by atoms with Crippen molar-refractivity contribution in [2.24, 2.45) is 0 Å². The molecule has 0 radical (unpaired) electrons. The van der Waals surface area contributed by atoms with Crippen molar-refractivity contribution in [3.05, 3.63) is 53.3 Å². The quantitative estimate of drug-likeness (QED) is 0.821. The molecular weight excluding hydrogens is 354 g/mol. The number of methoxy groups -OCH3 is 1. The molecule has 3 rings (SSSR count). The van der Waals surface area contributed by atoms with E-state index in [0.29, 0.717) is 22.8 Å². The Morgan fingerprint density at radius 3 is 2.68 bits per heavy atom. The number of ether oxygens (including phenoxy) is 2. The molecule has 1 heterocycles. The van der Waals surface area contributed by atoms with Crippen LogP contribution in [0.2, 0.25) is 0 Å². The molecule has 0 bridgehead atoms. The molecule has 148 valence electrons. The van der Waals surface area contributed by atoms with Crippen LogP contribution in [0, 0.1) is 11.3 Å². The van der Waals surface area contributed by atoms with E-state index in [1.165, 1.54) is 0 Å². The van der Waals surface area contributed by atoms with Crippen LogP contribution in [0.5, 0.6) is 11.5 Å². The van der Waals surface area contributed by atoms with Crippen LogP contribution in [0.3, 0.4) is 0 Å². The van der Waals surface area contributed by atoms with Crippen molar-refractivity contribution in [1.29, 1.82) is 5.26 Å². The number of carbonyl (C=O) groups excluding carboxylic acids is 1. The van der Waals surface area contributed by atoms with Gasteiger partial charge in [0, 0.05) is 19.7 Å². The van der Waals surface area contributed by atoms with E-state index in [2.05, 4.69) is 23.3 Å². The van der Waals surface area contributed by atoms with E-state index in [-0.39, 0.29) is 19.5 Å². The maximum absolute atomic E-state index is 12.4.